The van der Waals surface area contributed by atoms with Crippen molar-refractivity contribution >= 4 is 17.7 Å². The number of rotatable bonds is 6. The minimum atomic E-state index is -0.631. The fourth-order valence-corrected chi connectivity index (χ4v) is 2.60. The maximum Gasteiger partial charge on any atom is 0.329 e. The van der Waals surface area contributed by atoms with Crippen molar-refractivity contribution in [1.82, 2.24) is 9.88 Å². The number of nitrogens with zero attached hydrogens (tertiary/aromatic N) is 1. The Morgan fingerprint density at radius 3 is 2.82 bits per heavy atom. The van der Waals surface area contributed by atoms with E-state index in [1.54, 1.807) is 12.1 Å². The number of aryl methyl sites for hydroxylation is 1. The van der Waals surface area contributed by atoms with Gasteiger partial charge in [-0.05, 0) is 26.3 Å². The third kappa shape index (κ3) is 3.27. The molecule has 1 aliphatic heterocycles. The van der Waals surface area contributed by atoms with Gasteiger partial charge in [-0.2, -0.15) is 0 Å². The lowest BCUT2D eigenvalue weighted by molar-refractivity contribution is -0.145. The lowest BCUT2D eigenvalue weighted by Crippen LogP contribution is -2.35. The molecule has 1 saturated heterocycles. The minimum Gasteiger partial charge on any atom is -0.456 e. The molecule has 0 saturated carbocycles. The lowest BCUT2D eigenvalue weighted by Gasteiger charge is -2.10. The minimum absolute atomic E-state index is 0.166. The Morgan fingerprint density at radius 1 is 1.50 bits per heavy atom. The molecule has 0 radical (unpaired) electrons. The Balaban J connectivity index is 1.98. The highest BCUT2D eigenvalue weighted by Crippen LogP contribution is 2.16. The zero-order chi connectivity index (χ0) is 16.3. The van der Waals surface area contributed by atoms with Crippen LogP contribution in [0.5, 0.6) is 0 Å². The summed E-state index contributed by atoms with van der Waals surface area (Å²) in [6.45, 7) is 7.76. The first kappa shape index (κ1) is 16.0. The number of esters is 1. The van der Waals surface area contributed by atoms with Crippen LogP contribution in [0.15, 0.2) is 18.7 Å². The van der Waals surface area contributed by atoms with Crippen LogP contribution in [0.1, 0.15) is 34.6 Å². The molecule has 0 bridgehead atoms. The second kappa shape index (κ2) is 6.60. The summed E-state index contributed by atoms with van der Waals surface area (Å²) < 4.78 is 6.99. The molecule has 0 aromatic carbocycles. The van der Waals surface area contributed by atoms with Crippen LogP contribution in [0, 0.1) is 13.8 Å². The van der Waals surface area contributed by atoms with Crippen molar-refractivity contribution in [1.29, 1.82) is 0 Å². The van der Waals surface area contributed by atoms with Crippen LogP contribution in [0.25, 0.3) is 0 Å². The molecule has 1 aromatic rings. The number of Topliss-reactive ketones (excluding diaryl/α,β-unsaturated/α-hetero) is 1. The van der Waals surface area contributed by atoms with E-state index < -0.39 is 12.0 Å². The number of nitrogens with one attached hydrogen (secondary N) is 1. The molecule has 22 heavy (non-hydrogen) atoms. The number of allylic oxidation sites excluding steroid dienone is 1. The summed E-state index contributed by atoms with van der Waals surface area (Å²) >= 11 is 0. The molecule has 1 amide bonds. The Hall–Kier alpha value is -2.37. The van der Waals surface area contributed by atoms with Crippen molar-refractivity contribution in [3.05, 3.63) is 35.7 Å². The number of ketones is 1. The van der Waals surface area contributed by atoms with Gasteiger partial charge in [-0.15, -0.1) is 6.58 Å². The fraction of sp³-hybridized carbons (Fsp3) is 0.438. The summed E-state index contributed by atoms with van der Waals surface area (Å²) in [7, 11) is 0. The first-order chi connectivity index (χ1) is 10.4. The van der Waals surface area contributed by atoms with Gasteiger partial charge in [-0.25, -0.2) is 4.79 Å². The zero-order valence-electron chi connectivity index (χ0n) is 12.8. The van der Waals surface area contributed by atoms with Gasteiger partial charge in [0.15, 0.2) is 6.61 Å². The SMILES string of the molecule is C=CCn1c(C)cc(C(=O)COC(=O)[C@@H]2CCC(=O)N2)c1C. The van der Waals surface area contributed by atoms with Crippen LogP contribution < -0.4 is 5.32 Å². The quantitative estimate of drug-likeness (QED) is 0.488. The highest BCUT2D eigenvalue weighted by molar-refractivity contribution is 5.99. The Morgan fingerprint density at radius 2 is 2.23 bits per heavy atom. The molecule has 1 atom stereocenters. The second-order valence-corrected chi connectivity index (χ2v) is 5.37. The molecule has 1 fully saturated rings. The van der Waals surface area contributed by atoms with E-state index in [4.69, 9.17) is 4.74 Å². The lowest BCUT2D eigenvalue weighted by atomic mass is 10.1. The third-order valence-corrected chi connectivity index (χ3v) is 3.81. The van der Waals surface area contributed by atoms with Gasteiger partial charge in [0, 0.05) is 29.9 Å². The predicted molar refractivity (Wildman–Crippen MR) is 80.6 cm³/mol. The molecule has 1 aromatic heterocycles. The maximum atomic E-state index is 12.2. The Bertz CT molecular complexity index is 630. The van der Waals surface area contributed by atoms with Gasteiger partial charge in [0.1, 0.15) is 6.04 Å². The summed E-state index contributed by atoms with van der Waals surface area (Å²) in [6, 6.07) is 1.15. The Kier molecular flexibility index (Phi) is 4.80. The number of ether oxygens (including phenoxy) is 1. The van der Waals surface area contributed by atoms with Gasteiger partial charge in [0.2, 0.25) is 11.7 Å². The summed E-state index contributed by atoms with van der Waals surface area (Å²) in [5.41, 5.74) is 2.32. The van der Waals surface area contributed by atoms with Crippen LogP contribution in [-0.4, -0.2) is 34.9 Å². The average Bonchev–Trinajstić information content (AvgIpc) is 3.03. The standard InChI is InChI=1S/C16H20N2O4/c1-4-7-18-10(2)8-12(11(18)3)14(19)9-22-16(21)13-5-6-15(20)17-13/h4,8,13H,1,5-7,9H2,2-3H3,(H,17,20)/t13-/m0/s1. The van der Waals surface area contributed by atoms with Gasteiger partial charge in [-0.3, -0.25) is 9.59 Å². The summed E-state index contributed by atoms with van der Waals surface area (Å²) in [6.07, 6.45) is 2.49. The van der Waals surface area contributed by atoms with E-state index in [1.807, 2.05) is 18.4 Å². The van der Waals surface area contributed by atoms with Crippen LogP contribution >= 0.6 is 0 Å². The highest BCUT2D eigenvalue weighted by Gasteiger charge is 2.29. The first-order valence-corrected chi connectivity index (χ1v) is 7.21. The van der Waals surface area contributed by atoms with Gasteiger partial charge >= 0.3 is 5.97 Å². The van der Waals surface area contributed by atoms with Crippen LogP contribution in [0.3, 0.4) is 0 Å². The van der Waals surface area contributed by atoms with Crippen molar-refractivity contribution in [2.45, 2.75) is 39.3 Å². The summed E-state index contributed by atoms with van der Waals surface area (Å²) in [5, 5.41) is 2.52. The highest BCUT2D eigenvalue weighted by atomic mass is 16.5. The van der Waals surface area contributed by atoms with Gasteiger partial charge < -0.3 is 14.6 Å². The molecular formula is C16H20N2O4. The molecule has 0 unspecified atom stereocenters. The van der Waals surface area contributed by atoms with E-state index >= 15 is 0 Å². The van der Waals surface area contributed by atoms with E-state index in [0.717, 1.165) is 11.4 Å². The van der Waals surface area contributed by atoms with E-state index in [2.05, 4.69) is 11.9 Å². The van der Waals surface area contributed by atoms with Crippen LogP contribution in [0.4, 0.5) is 0 Å². The second-order valence-electron chi connectivity index (χ2n) is 5.37. The summed E-state index contributed by atoms with van der Waals surface area (Å²) in [4.78, 5) is 35.1. The first-order valence-electron chi connectivity index (χ1n) is 7.21. The maximum absolute atomic E-state index is 12.2. The number of aromatic nitrogens is 1. The third-order valence-electron chi connectivity index (χ3n) is 3.81. The van der Waals surface area contributed by atoms with E-state index in [1.165, 1.54) is 0 Å². The van der Waals surface area contributed by atoms with Gasteiger partial charge in [0.25, 0.3) is 0 Å². The van der Waals surface area contributed by atoms with Gasteiger partial charge in [-0.1, -0.05) is 6.08 Å². The zero-order valence-corrected chi connectivity index (χ0v) is 12.8. The molecule has 6 nitrogen and oxygen atoms in total. The average molecular weight is 304 g/mol. The van der Waals surface area contributed by atoms with Crippen molar-refractivity contribution in [2.75, 3.05) is 6.61 Å². The van der Waals surface area contributed by atoms with Crippen molar-refractivity contribution in [3.63, 3.8) is 0 Å². The molecule has 2 heterocycles. The van der Waals surface area contributed by atoms with E-state index in [-0.39, 0.29) is 18.3 Å². The number of hydrogen-bond acceptors (Lipinski definition) is 4. The molecule has 2 rings (SSSR count). The van der Waals surface area contributed by atoms with E-state index in [9.17, 15) is 14.4 Å². The Labute approximate surface area is 129 Å². The summed E-state index contributed by atoms with van der Waals surface area (Å²) in [5.74, 6) is -0.971. The number of carbonyl (C=O) groups is 3. The van der Waals surface area contributed by atoms with Crippen LogP contribution in [-0.2, 0) is 20.9 Å². The van der Waals surface area contributed by atoms with Crippen molar-refractivity contribution in [3.8, 4) is 0 Å². The molecule has 1 aliphatic rings. The molecule has 0 aliphatic carbocycles. The molecule has 6 heteroatoms. The van der Waals surface area contributed by atoms with E-state index in [0.29, 0.717) is 24.9 Å². The monoisotopic (exact) mass is 304 g/mol. The molecule has 0 spiro atoms. The predicted octanol–water partition coefficient (Wildman–Crippen LogP) is 1.30. The molecular weight excluding hydrogens is 284 g/mol. The topological polar surface area (TPSA) is 77.4 Å². The largest absolute Gasteiger partial charge is 0.456 e. The van der Waals surface area contributed by atoms with Crippen LogP contribution in [0.2, 0.25) is 0 Å². The molecule has 1 N–H and O–H groups in total. The van der Waals surface area contributed by atoms with Crippen molar-refractivity contribution in [2.24, 2.45) is 0 Å². The number of carbonyl (C=O) groups excluding carboxylic acids is 3. The smallest absolute Gasteiger partial charge is 0.329 e. The normalized spacial score (nSPS) is 17.2. The number of hydrogen-bond donors (Lipinski definition) is 1. The van der Waals surface area contributed by atoms with Crippen molar-refractivity contribution < 1.29 is 19.1 Å². The molecule has 118 valence electrons. The fourth-order valence-electron chi connectivity index (χ4n) is 2.60. The van der Waals surface area contributed by atoms with Gasteiger partial charge in [0.05, 0.1) is 0 Å². The number of amides is 1.